The molecule has 5 nitrogen and oxygen atoms in total. The van der Waals surface area contributed by atoms with Crippen LogP contribution in [0.15, 0.2) is 24.3 Å². The molecule has 2 aliphatic heterocycles. The van der Waals surface area contributed by atoms with Gasteiger partial charge in [0.15, 0.2) is 0 Å². The van der Waals surface area contributed by atoms with E-state index in [0.29, 0.717) is 18.8 Å². The summed E-state index contributed by atoms with van der Waals surface area (Å²) in [6.07, 6.45) is 1.36. The lowest BCUT2D eigenvalue weighted by molar-refractivity contribution is -0.135. The number of hydrogen-bond donors (Lipinski definition) is 1. The molecule has 118 valence electrons. The first-order chi connectivity index (χ1) is 10.5. The minimum atomic E-state index is -0.379. The minimum Gasteiger partial charge on any atom is -0.380 e. The quantitative estimate of drug-likeness (QED) is 0.924. The molecule has 1 N–H and O–H groups in total. The van der Waals surface area contributed by atoms with Crippen molar-refractivity contribution in [3.8, 4) is 0 Å². The lowest BCUT2D eigenvalue weighted by Gasteiger charge is -2.29. The summed E-state index contributed by atoms with van der Waals surface area (Å²) < 4.78 is 5.10. The molecule has 0 aliphatic carbocycles. The number of rotatable bonds is 4. The van der Waals surface area contributed by atoms with Crippen LogP contribution in [-0.2, 0) is 20.9 Å². The number of methoxy groups -OCH3 is 1. The fourth-order valence-corrected chi connectivity index (χ4v) is 4.58. The average Bonchev–Trinajstić information content (AvgIpc) is 2.97. The predicted molar refractivity (Wildman–Crippen MR) is 86.5 cm³/mol. The van der Waals surface area contributed by atoms with Gasteiger partial charge in [0.2, 0.25) is 11.8 Å². The van der Waals surface area contributed by atoms with Gasteiger partial charge in [0.1, 0.15) is 6.04 Å². The summed E-state index contributed by atoms with van der Waals surface area (Å²) in [5.41, 5.74) is 1.74. The Labute approximate surface area is 134 Å². The van der Waals surface area contributed by atoms with E-state index in [-0.39, 0.29) is 22.7 Å². The van der Waals surface area contributed by atoms with Crippen molar-refractivity contribution in [3.05, 3.63) is 29.8 Å². The van der Waals surface area contributed by atoms with Gasteiger partial charge in [-0.15, -0.1) is 11.8 Å². The number of hydrogen-bond acceptors (Lipinski definition) is 4. The number of benzene rings is 1. The van der Waals surface area contributed by atoms with Crippen LogP contribution in [0.4, 0.5) is 5.69 Å². The Morgan fingerprint density at radius 1 is 1.55 bits per heavy atom. The Hall–Kier alpha value is -1.53. The van der Waals surface area contributed by atoms with Gasteiger partial charge in [-0.3, -0.25) is 9.59 Å². The van der Waals surface area contributed by atoms with Crippen molar-refractivity contribution in [2.75, 3.05) is 18.2 Å². The molecule has 2 atom stereocenters. The van der Waals surface area contributed by atoms with Gasteiger partial charge in [0, 0.05) is 25.0 Å². The Morgan fingerprint density at radius 3 is 3.14 bits per heavy atom. The third kappa shape index (κ3) is 2.73. The van der Waals surface area contributed by atoms with Crippen LogP contribution in [0, 0.1) is 0 Å². The molecular formula is C16H20N2O3S. The molecule has 0 bridgehead atoms. The van der Waals surface area contributed by atoms with Crippen LogP contribution in [0.1, 0.15) is 25.3 Å². The Morgan fingerprint density at radius 2 is 2.36 bits per heavy atom. The van der Waals surface area contributed by atoms with Gasteiger partial charge in [-0.1, -0.05) is 12.1 Å². The first kappa shape index (κ1) is 15.4. The Bertz CT molecular complexity index is 607. The highest BCUT2D eigenvalue weighted by Gasteiger charge is 2.52. The molecule has 2 fully saturated rings. The molecular weight excluding hydrogens is 300 g/mol. The molecule has 2 unspecified atom stereocenters. The number of thioether (sulfide) groups is 1. The molecule has 1 aromatic rings. The first-order valence-electron chi connectivity index (χ1n) is 7.38. The van der Waals surface area contributed by atoms with Gasteiger partial charge >= 0.3 is 0 Å². The topological polar surface area (TPSA) is 58.6 Å². The second-order valence-corrected chi connectivity index (χ2v) is 7.39. The van der Waals surface area contributed by atoms with Gasteiger partial charge in [0.05, 0.1) is 11.5 Å². The van der Waals surface area contributed by atoms with E-state index in [1.807, 2.05) is 24.3 Å². The lowest BCUT2D eigenvalue weighted by Crippen LogP contribution is -2.48. The maximum Gasteiger partial charge on any atom is 0.248 e. The number of carbonyl (C=O) groups is 2. The third-order valence-electron chi connectivity index (χ3n) is 4.25. The maximum absolute atomic E-state index is 12.6. The van der Waals surface area contributed by atoms with Gasteiger partial charge in [-0.2, -0.15) is 0 Å². The summed E-state index contributed by atoms with van der Waals surface area (Å²) in [6, 6.07) is 7.21. The molecule has 0 aromatic heterocycles. The van der Waals surface area contributed by atoms with E-state index in [0.717, 1.165) is 17.7 Å². The van der Waals surface area contributed by atoms with E-state index in [1.165, 1.54) is 0 Å². The molecule has 2 heterocycles. The highest BCUT2D eigenvalue weighted by molar-refractivity contribution is 8.01. The van der Waals surface area contributed by atoms with Gasteiger partial charge in [-0.25, -0.2) is 0 Å². The molecule has 6 heteroatoms. The van der Waals surface area contributed by atoms with E-state index in [9.17, 15) is 9.59 Å². The number of anilines is 1. The number of nitrogens with zero attached hydrogens (tertiary/aromatic N) is 1. The summed E-state index contributed by atoms with van der Waals surface area (Å²) in [5, 5.41) is 2.93. The van der Waals surface area contributed by atoms with Crippen LogP contribution in [0.3, 0.4) is 0 Å². The van der Waals surface area contributed by atoms with E-state index in [4.69, 9.17) is 4.74 Å². The zero-order valence-electron chi connectivity index (χ0n) is 12.8. The zero-order chi connectivity index (χ0) is 15.7. The minimum absolute atomic E-state index is 0.0841. The van der Waals surface area contributed by atoms with Crippen molar-refractivity contribution in [1.29, 1.82) is 0 Å². The second kappa shape index (κ2) is 5.93. The van der Waals surface area contributed by atoms with Crippen LogP contribution >= 0.6 is 11.8 Å². The smallest absolute Gasteiger partial charge is 0.248 e. The zero-order valence-corrected chi connectivity index (χ0v) is 13.6. The number of nitrogens with one attached hydrogen (secondary N) is 1. The standard InChI is InChI=1S/C16H20N2O3S/c1-16-7-6-14(19)18(16)13(10-22-16)15(20)17-12-5-3-4-11(8-12)9-21-2/h3-5,8,13H,6-7,9-10H2,1-2H3,(H,17,20). The fraction of sp³-hybridized carbons (Fsp3) is 0.500. The highest BCUT2D eigenvalue weighted by Crippen LogP contribution is 2.47. The van der Waals surface area contributed by atoms with E-state index < -0.39 is 0 Å². The summed E-state index contributed by atoms with van der Waals surface area (Å²) >= 11 is 1.70. The second-order valence-electron chi connectivity index (χ2n) is 5.89. The molecule has 22 heavy (non-hydrogen) atoms. The highest BCUT2D eigenvalue weighted by atomic mass is 32.2. The predicted octanol–water partition coefficient (Wildman–Crippen LogP) is 2.23. The van der Waals surface area contributed by atoms with Crippen LogP contribution in [0.5, 0.6) is 0 Å². The summed E-state index contributed by atoms with van der Waals surface area (Å²) in [4.78, 5) is 26.2. The number of fused-ring (bicyclic) bond motifs is 1. The third-order valence-corrected chi connectivity index (χ3v) is 5.76. The van der Waals surface area contributed by atoms with Crippen LogP contribution < -0.4 is 5.32 Å². The average molecular weight is 320 g/mol. The summed E-state index contributed by atoms with van der Waals surface area (Å²) in [6.45, 7) is 2.56. The largest absolute Gasteiger partial charge is 0.380 e. The summed E-state index contributed by atoms with van der Waals surface area (Å²) in [5.74, 6) is 0.632. The first-order valence-corrected chi connectivity index (χ1v) is 8.37. The molecule has 0 saturated carbocycles. The van der Waals surface area contributed by atoms with Crippen molar-refractivity contribution < 1.29 is 14.3 Å². The monoisotopic (exact) mass is 320 g/mol. The van der Waals surface area contributed by atoms with E-state index in [1.54, 1.807) is 23.8 Å². The van der Waals surface area contributed by atoms with Crippen LogP contribution in [-0.4, -0.2) is 40.5 Å². The number of carbonyl (C=O) groups excluding carboxylic acids is 2. The molecule has 0 radical (unpaired) electrons. The molecule has 0 spiro atoms. The lowest BCUT2D eigenvalue weighted by atomic mass is 10.2. The molecule has 2 saturated heterocycles. The maximum atomic E-state index is 12.6. The van der Waals surface area contributed by atoms with Gasteiger partial charge in [-0.05, 0) is 31.0 Å². The van der Waals surface area contributed by atoms with E-state index >= 15 is 0 Å². The number of ether oxygens (including phenoxy) is 1. The normalized spacial score (nSPS) is 27.1. The van der Waals surface area contributed by atoms with Crippen molar-refractivity contribution in [1.82, 2.24) is 4.90 Å². The van der Waals surface area contributed by atoms with Crippen molar-refractivity contribution in [2.45, 2.75) is 37.3 Å². The van der Waals surface area contributed by atoms with Crippen LogP contribution in [0.2, 0.25) is 0 Å². The van der Waals surface area contributed by atoms with Crippen molar-refractivity contribution >= 4 is 29.3 Å². The number of amides is 2. The molecule has 1 aromatic carbocycles. The molecule has 2 aliphatic rings. The molecule has 2 amide bonds. The van der Waals surface area contributed by atoms with Crippen LogP contribution in [0.25, 0.3) is 0 Å². The fourth-order valence-electron chi connectivity index (χ4n) is 3.15. The summed E-state index contributed by atoms with van der Waals surface area (Å²) in [7, 11) is 1.64. The molecule has 3 rings (SSSR count). The van der Waals surface area contributed by atoms with Crippen molar-refractivity contribution in [2.24, 2.45) is 0 Å². The van der Waals surface area contributed by atoms with Crippen molar-refractivity contribution in [3.63, 3.8) is 0 Å². The Kier molecular flexibility index (Phi) is 4.14. The van der Waals surface area contributed by atoms with Gasteiger partial charge < -0.3 is 15.0 Å². The van der Waals surface area contributed by atoms with Gasteiger partial charge in [0.25, 0.3) is 0 Å². The SMILES string of the molecule is COCc1cccc(NC(=O)C2CSC3(C)CCC(=O)N23)c1. The Balaban J connectivity index is 1.72. The van der Waals surface area contributed by atoms with E-state index in [2.05, 4.69) is 12.2 Å².